The molecule has 0 amide bonds. The molecule has 1 N–H and O–H groups in total. The highest BCUT2D eigenvalue weighted by Crippen LogP contribution is 2.44. The number of benzene rings is 1. The highest BCUT2D eigenvalue weighted by molar-refractivity contribution is 6.31. The van der Waals surface area contributed by atoms with Crippen molar-refractivity contribution < 1.29 is 19.1 Å². The Morgan fingerprint density at radius 3 is 2.68 bits per heavy atom. The third-order valence-electron chi connectivity index (χ3n) is 4.36. The van der Waals surface area contributed by atoms with E-state index in [0.717, 1.165) is 17.8 Å². The van der Waals surface area contributed by atoms with Gasteiger partial charge in [0.1, 0.15) is 11.8 Å². The Kier molecular flexibility index (Phi) is 2.66. The Balaban J connectivity index is 1.85. The van der Waals surface area contributed by atoms with Gasteiger partial charge in [0.25, 0.3) is 0 Å². The fourth-order valence-corrected chi connectivity index (χ4v) is 3.33. The molecule has 1 aromatic carbocycles. The zero-order valence-corrected chi connectivity index (χ0v) is 12.0. The number of aliphatic imine (C=N–C) groups is 1. The lowest BCUT2D eigenvalue weighted by atomic mass is 9.88. The predicted octanol–water partition coefficient (Wildman–Crippen LogP) is 0.0506. The summed E-state index contributed by atoms with van der Waals surface area (Å²) in [6, 6.07) is 7.78. The standard InChI is InChI=1S/C15H15N3O4/c1-18-11-5-3-2-4-9(11)8-10(12-16-6-7-17-12)15(18)21-13(19)14(20)22-15/h2-5,10H,6-8H2,1H3,(H,16,17). The van der Waals surface area contributed by atoms with Crippen LogP contribution in [0.4, 0.5) is 5.69 Å². The number of rotatable bonds is 1. The lowest BCUT2D eigenvalue weighted by Gasteiger charge is -2.45. The van der Waals surface area contributed by atoms with Gasteiger partial charge in [-0.25, -0.2) is 9.59 Å². The first-order chi connectivity index (χ1) is 10.6. The van der Waals surface area contributed by atoms with Crippen molar-refractivity contribution in [3.05, 3.63) is 29.8 Å². The molecule has 1 atom stereocenters. The zero-order chi connectivity index (χ0) is 15.3. The van der Waals surface area contributed by atoms with Crippen LogP contribution in [-0.4, -0.2) is 43.8 Å². The summed E-state index contributed by atoms with van der Waals surface area (Å²) < 4.78 is 10.8. The molecule has 3 aliphatic rings. The van der Waals surface area contributed by atoms with E-state index in [1.54, 1.807) is 11.9 Å². The molecular formula is C15H15N3O4. The summed E-state index contributed by atoms with van der Waals surface area (Å²) in [5, 5.41) is 3.20. The van der Waals surface area contributed by atoms with Crippen LogP contribution >= 0.6 is 0 Å². The predicted molar refractivity (Wildman–Crippen MR) is 77.3 cm³/mol. The number of para-hydroxylation sites is 1. The van der Waals surface area contributed by atoms with Crippen LogP contribution < -0.4 is 10.2 Å². The van der Waals surface area contributed by atoms with Crippen molar-refractivity contribution in [2.24, 2.45) is 10.9 Å². The second kappa shape index (κ2) is 4.46. The van der Waals surface area contributed by atoms with Crippen LogP contribution in [0.1, 0.15) is 5.56 Å². The molecule has 1 spiro atoms. The first-order valence-electron chi connectivity index (χ1n) is 7.18. The van der Waals surface area contributed by atoms with Gasteiger partial charge in [-0.05, 0) is 18.1 Å². The van der Waals surface area contributed by atoms with Gasteiger partial charge in [-0.2, -0.15) is 0 Å². The molecule has 1 aromatic rings. The SMILES string of the molecule is CN1c2ccccc2CC(C2=NCCN2)C12OC(=O)C(=O)O2. The van der Waals surface area contributed by atoms with Crippen LogP contribution in [-0.2, 0) is 25.5 Å². The van der Waals surface area contributed by atoms with Gasteiger partial charge in [0, 0.05) is 19.3 Å². The smallest absolute Gasteiger partial charge is 0.394 e. The largest absolute Gasteiger partial charge is 0.422 e. The summed E-state index contributed by atoms with van der Waals surface area (Å²) in [7, 11) is 1.76. The van der Waals surface area contributed by atoms with Gasteiger partial charge in [-0.15, -0.1) is 0 Å². The second-order valence-electron chi connectivity index (χ2n) is 5.55. The van der Waals surface area contributed by atoms with Crippen LogP contribution in [0.3, 0.4) is 0 Å². The van der Waals surface area contributed by atoms with Crippen molar-refractivity contribution in [3.8, 4) is 0 Å². The number of hydrogen-bond acceptors (Lipinski definition) is 7. The maximum absolute atomic E-state index is 11.7. The van der Waals surface area contributed by atoms with E-state index in [1.165, 1.54) is 0 Å². The second-order valence-corrected chi connectivity index (χ2v) is 5.55. The monoisotopic (exact) mass is 301 g/mol. The molecule has 22 heavy (non-hydrogen) atoms. The summed E-state index contributed by atoms with van der Waals surface area (Å²) in [6.07, 6.45) is 0.576. The molecule has 0 aliphatic carbocycles. The van der Waals surface area contributed by atoms with Crippen molar-refractivity contribution in [2.75, 3.05) is 25.0 Å². The van der Waals surface area contributed by atoms with E-state index in [-0.39, 0.29) is 5.92 Å². The van der Waals surface area contributed by atoms with E-state index in [4.69, 9.17) is 9.47 Å². The summed E-state index contributed by atoms with van der Waals surface area (Å²) in [5.74, 6) is -3.04. The Morgan fingerprint density at radius 1 is 1.27 bits per heavy atom. The lowest BCUT2D eigenvalue weighted by molar-refractivity contribution is -0.192. The molecule has 1 saturated heterocycles. The van der Waals surface area contributed by atoms with Crippen molar-refractivity contribution in [1.29, 1.82) is 0 Å². The quantitative estimate of drug-likeness (QED) is 0.583. The number of nitrogens with zero attached hydrogens (tertiary/aromatic N) is 2. The molecule has 4 rings (SSSR count). The van der Waals surface area contributed by atoms with Crippen molar-refractivity contribution in [1.82, 2.24) is 5.32 Å². The third-order valence-corrected chi connectivity index (χ3v) is 4.36. The highest BCUT2D eigenvalue weighted by atomic mass is 16.8. The van der Waals surface area contributed by atoms with Crippen LogP contribution in [0.25, 0.3) is 0 Å². The van der Waals surface area contributed by atoms with Crippen molar-refractivity contribution in [3.63, 3.8) is 0 Å². The highest BCUT2D eigenvalue weighted by Gasteiger charge is 2.61. The van der Waals surface area contributed by atoms with E-state index in [0.29, 0.717) is 18.8 Å². The average molecular weight is 301 g/mol. The van der Waals surface area contributed by atoms with E-state index < -0.39 is 17.8 Å². The number of carbonyl (C=O) groups is 2. The number of nitrogens with one attached hydrogen (secondary N) is 1. The molecule has 0 saturated carbocycles. The molecule has 7 nitrogen and oxygen atoms in total. The molecule has 1 fully saturated rings. The summed E-state index contributed by atoms with van der Waals surface area (Å²) in [5.41, 5.74) is 1.97. The minimum absolute atomic E-state index is 0.370. The molecule has 7 heteroatoms. The Hall–Kier alpha value is -2.57. The normalized spacial score (nSPS) is 25.4. The zero-order valence-electron chi connectivity index (χ0n) is 12.0. The number of ether oxygens (including phenoxy) is 2. The van der Waals surface area contributed by atoms with Crippen molar-refractivity contribution >= 4 is 23.5 Å². The van der Waals surface area contributed by atoms with Gasteiger partial charge in [0.05, 0.1) is 6.54 Å². The Labute approximate surface area is 126 Å². The molecular weight excluding hydrogens is 286 g/mol. The number of esters is 2. The first kappa shape index (κ1) is 13.1. The summed E-state index contributed by atoms with van der Waals surface area (Å²) in [4.78, 5) is 29.5. The van der Waals surface area contributed by atoms with E-state index in [1.807, 2.05) is 24.3 Å². The molecule has 3 aliphatic heterocycles. The van der Waals surface area contributed by atoms with Crippen LogP contribution in [0.5, 0.6) is 0 Å². The van der Waals surface area contributed by atoms with Gasteiger partial charge in [0.2, 0.25) is 0 Å². The van der Waals surface area contributed by atoms with Gasteiger partial charge in [0.15, 0.2) is 0 Å². The number of fused-ring (bicyclic) bond motifs is 1. The van der Waals surface area contributed by atoms with E-state index in [2.05, 4.69) is 10.3 Å². The average Bonchev–Trinajstić information content (AvgIpc) is 3.13. The number of hydrogen-bond donors (Lipinski definition) is 1. The molecule has 0 radical (unpaired) electrons. The molecule has 0 bridgehead atoms. The lowest BCUT2D eigenvalue weighted by Crippen LogP contribution is -2.61. The molecule has 3 heterocycles. The summed E-state index contributed by atoms with van der Waals surface area (Å²) in [6.45, 7) is 1.39. The van der Waals surface area contributed by atoms with Gasteiger partial charge in [-0.3, -0.25) is 4.99 Å². The van der Waals surface area contributed by atoms with E-state index >= 15 is 0 Å². The Morgan fingerprint density at radius 2 is 2.00 bits per heavy atom. The number of amidine groups is 1. The number of carbonyl (C=O) groups excluding carboxylic acids is 2. The van der Waals surface area contributed by atoms with Crippen LogP contribution in [0, 0.1) is 5.92 Å². The molecule has 1 unspecified atom stereocenters. The Bertz CT molecular complexity index is 684. The van der Waals surface area contributed by atoms with Gasteiger partial charge < -0.3 is 19.7 Å². The number of anilines is 1. The van der Waals surface area contributed by atoms with Gasteiger partial charge >= 0.3 is 17.8 Å². The van der Waals surface area contributed by atoms with E-state index in [9.17, 15) is 9.59 Å². The fourth-order valence-electron chi connectivity index (χ4n) is 3.33. The maximum atomic E-state index is 11.7. The van der Waals surface area contributed by atoms with Crippen LogP contribution in [0.2, 0.25) is 0 Å². The minimum atomic E-state index is -1.46. The fraction of sp³-hybridized carbons (Fsp3) is 0.400. The third kappa shape index (κ3) is 1.65. The summed E-state index contributed by atoms with van der Waals surface area (Å²) >= 11 is 0. The minimum Gasteiger partial charge on any atom is -0.394 e. The molecule has 0 aromatic heterocycles. The maximum Gasteiger partial charge on any atom is 0.422 e. The van der Waals surface area contributed by atoms with Crippen LogP contribution in [0.15, 0.2) is 29.3 Å². The first-order valence-corrected chi connectivity index (χ1v) is 7.18. The topological polar surface area (TPSA) is 80.2 Å². The van der Waals surface area contributed by atoms with Gasteiger partial charge in [-0.1, -0.05) is 18.2 Å². The molecule has 114 valence electrons. The van der Waals surface area contributed by atoms with Crippen molar-refractivity contribution in [2.45, 2.75) is 12.3 Å².